The Morgan fingerprint density at radius 2 is 2.04 bits per heavy atom. The molecule has 0 aliphatic carbocycles. The molecule has 2 heterocycles. The quantitative estimate of drug-likeness (QED) is 0.594. The number of rotatable bonds is 4. The molecule has 0 spiro atoms. The molecule has 1 amide bonds. The van der Waals surface area contributed by atoms with Crippen molar-refractivity contribution >= 4 is 23.2 Å². The average Bonchev–Trinajstić information content (AvgIpc) is 3.18. The molecule has 4 rings (SSSR count). The molecule has 0 radical (unpaired) electrons. The van der Waals surface area contributed by atoms with Crippen LogP contribution < -0.4 is 4.90 Å². The van der Waals surface area contributed by atoms with Gasteiger partial charge in [0.05, 0.1) is 11.9 Å². The van der Waals surface area contributed by atoms with E-state index in [-0.39, 0.29) is 12.3 Å². The number of hydrogen-bond acceptors (Lipinski definition) is 3. The van der Waals surface area contributed by atoms with Crippen LogP contribution in [0.3, 0.4) is 0 Å². The molecule has 6 heteroatoms. The second kappa shape index (κ2) is 7.76. The molecule has 28 heavy (non-hydrogen) atoms. The second-order valence-electron chi connectivity index (χ2n) is 6.99. The first-order chi connectivity index (χ1) is 13.5. The summed E-state index contributed by atoms with van der Waals surface area (Å²) in [5.41, 5.74) is 3.14. The molecule has 0 saturated heterocycles. The fourth-order valence-electron chi connectivity index (χ4n) is 3.51. The van der Waals surface area contributed by atoms with Gasteiger partial charge in [-0.2, -0.15) is 0 Å². The highest BCUT2D eigenvalue weighted by Crippen LogP contribution is 2.35. The molecule has 4 nitrogen and oxygen atoms in total. The summed E-state index contributed by atoms with van der Waals surface area (Å²) in [7, 11) is 0. The number of oxazole rings is 1. The summed E-state index contributed by atoms with van der Waals surface area (Å²) in [6.07, 6.45) is 3.66. The number of hydrogen-bond donors (Lipinski definition) is 0. The van der Waals surface area contributed by atoms with Crippen molar-refractivity contribution in [3.63, 3.8) is 0 Å². The van der Waals surface area contributed by atoms with Gasteiger partial charge < -0.3 is 9.32 Å². The number of aromatic nitrogens is 1. The molecular formula is C22H20ClFN2O2. The van der Waals surface area contributed by atoms with Crippen LogP contribution in [0.15, 0.2) is 47.0 Å². The van der Waals surface area contributed by atoms with Gasteiger partial charge in [-0.15, -0.1) is 0 Å². The van der Waals surface area contributed by atoms with E-state index < -0.39 is 5.82 Å². The Balaban J connectivity index is 1.46. The fraction of sp³-hybridized carbons (Fsp3) is 0.273. The topological polar surface area (TPSA) is 46.3 Å². The van der Waals surface area contributed by atoms with Crippen LogP contribution in [-0.4, -0.2) is 17.4 Å². The van der Waals surface area contributed by atoms with Crippen molar-refractivity contribution in [2.45, 2.75) is 32.6 Å². The zero-order valence-electron chi connectivity index (χ0n) is 15.5. The number of carbonyl (C=O) groups excluding carboxylic acids is 1. The van der Waals surface area contributed by atoms with Crippen molar-refractivity contribution in [3.05, 3.63) is 70.5 Å². The summed E-state index contributed by atoms with van der Waals surface area (Å²) < 4.78 is 20.1. The number of benzene rings is 2. The molecule has 2 aromatic carbocycles. The fourth-order valence-corrected chi connectivity index (χ4v) is 3.76. The standard InChI is InChI=1S/C22H20ClFN2O2/c1-14-4-6-15(7-5-14)19-13-25-20(28-19)10-11-21(27)26-12-2-3-16-17(23)8-9-18(24)22(16)26/h4-9,13H,2-3,10-12H2,1H3. The van der Waals surface area contributed by atoms with Gasteiger partial charge in [0.25, 0.3) is 0 Å². The third kappa shape index (κ3) is 3.67. The Bertz CT molecular complexity index is 1010. The molecule has 1 aromatic heterocycles. The molecule has 0 saturated carbocycles. The first-order valence-electron chi connectivity index (χ1n) is 9.32. The first kappa shape index (κ1) is 18.7. The molecule has 0 atom stereocenters. The Hall–Kier alpha value is -2.66. The van der Waals surface area contributed by atoms with Gasteiger partial charge in [0.15, 0.2) is 11.7 Å². The van der Waals surface area contributed by atoms with Crippen molar-refractivity contribution < 1.29 is 13.6 Å². The molecule has 3 aromatic rings. The Kier molecular flexibility index (Phi) is 5.18. The first-order valence-corrected chi connectivity index (χ1v) is 9.69. The number of aryl methyl sites for hydroxylation is 2. The van der Waals surface area contributed by atoms with Crippen molar-refractivity contribution in [1.29, 1.82) is 0 Å². The zero-order chi connectivity index (χ0) is 19.7. The number of anilines is 1. The minimum absolute atomic E-state index is 0.155. The van der Waals surface area contributed by atoms with Crippen molar-refractivity contribution in [2.75, 3.05) is 11.4 Å². The van der Waals surface area contributed by atoms with Crippen molar-refractivity contribution in [1.82, 2.24) is 4.98 Å². The number of halogens is 2. The Morgan fingerprint density at radius 1 is 1.25 bits per heavy atom. The zero-order valence-corrected chi connectivity index (χ0v) is 16.3. The largest absolute Gasteiger partial charge is 0.441 e. The monoisotopic (exact) mass is 398 g/mol. The van der Waals surface area contributed by atoms with Gasteiger partial charge in [-0.25, -0.2) is 9.37 Å². The number of fused-ring (bicyclic) bond motifs is 1. The molecule has 0 fully saturated rings. The average molecular weight is 399 g/mol. The van der Waals surface area contributed by atoms with Gasteiger partial charge in [0, 0.05) is 30.0 Å². The van der Waals surface area contributed by atoms with Crippen molar-refractivity contribution in [3.8, 4) is 11.3 Å². The van der Waals surface area contributed by atoms with E-state index in [1.54, 1.807) is 12.3 Å². The summed E-state index contributed by atoms with van der Waals surface area (Å²) in [5, 5.41) is 0.504. The minimum atomic E-state index is -0.412. The van der Waals surface area contributed by atoms with Gasteiger partial charge in [0.1, 0.15) is 5.82 Å². The van der Waals surface area contributed by atoms with E-state index >= 15 is 0 Å². The molecule has 0 unspecified atom stereocenters. The molecular weight excluding hydrogens is 379 g/mol. The van der Waals surface area contributed by atoms with Gasteiger partial charge in [0.2, 0.25) is 5.91 Å². The van der Waals surface area contributed by atoms with Crippen LogP contribution in [0.5, 0.6) is 0 Å². The number of carbonyl (C=O) groups is 1. The van der Waals surface area contributed by atoms with E-state index in [1.165, 1.54) is 16.5 Å². The van der Waals surface area contributed by atoms with Crippen LogP contribution in [0.25, 0.3) is 11.3 Å². The van der Waals surface area contributed by atoms with Crippen LogP contribution >= 0.6 is 11.6 Å². The van der Waals surface area contributed by atoms with Crippen LogP contribution in [0, 0.1) is 12.7 Å². The number of nitrogens with zero attached hydrogens (tertiary/aromatic N) is 2. The maximum Gasteiger partial charge on any atom is 0.227 e. The summed E-state index contributed by atoms with van der Waals surface area (Å²) in [4.78, 5) is 18.5. The lowest BCUT2D eigenvalue weighted by Crippen LogP contribution is -2.36. The molecule has 0 N–H and O–H groups in total. The normalized spacial score (nSPS) is 13.5. The summed E-state index contributed by atoms with van der Waals surface area (Å²) in [6, 6.07) is 10.8. The Morgan fingerprint density at radius 3 is 2.82 bits per heavy atom. The SMILES string of the molecule is Cc1ccc(-c2cnc(CCC(=O)N3CCCc4c(Cl)ccc(F)c43)o2)cc1. The second-order valence-corrected chi connectivity index (χ2v) is 7.40. The summed E-state index contributed by atoms with van der Waals surface area (Å²) >= 11 is 6.20. The number of amides is 1. The van der Waals surface area contributed by atoms with E-state index in [9.17, 15) is 9.18 Å². The maximum absolute atomic E-state index is 14.4. The summed E-state index contributed by atoms with van der Waals surface area (Å²) in [5.74, 6) is 0.596. The Labute approximate surface area is 167 Å². The molecule has 1 aliphatic heterocycles. The van der Waals surface area contributed by atoms with E-state index in [1.807, 2.05) is 31.2 Å². The predicted octanol–water partition coefficient (Wildman–Crippen LogP) is 5.35. The molecule has 1 aliphatic rings. The lowest BCUT2D eigenvalue weighted by atomic mass is 10.0. The highest BCUT2D eigenvalue weighted by molar-refractivity contribution is 6.32. The van der Waals surface area contributed by atoms with E-state index in [0.717, 1.165) is 12.0 Å². The highest BCUT2D eigenvalue weighted by Gasteiger charge is 2.27. The third-order valence-corrected chi connectivity index (χ3v) is 5.35. The minimum Gasteiger partial charge on any atom is -0.441 e. The van der Waals surface area contributed by atoms with Gasteiger partial charge in [-0.1, -0.05) is 41.4 Å². The maximum atomic E-state index is 14.4. The molecule has 144 valence electrons. The smallest absolute Gasteiger partial charge is 0.227 e. The molecule has 0 bridgehead atoms. The van der Waals surface area contributed by atoms with Crippen molar-refractivity contribution in [2.24, 2.45) is 0 Å². The lowest BCUT2D eigenvalue weighted by Gasteiger charge is -2.30. The van der Waals surface area contributed by atoms with Crippen LogP contribution in [0.4, 0.5) is 10.1 Å². The van der Waals surface area contributed by atoms with Gasteiger partial charge in [-0.05, 0) is 37.5 Å². The third-order valence-electron chi connectivity index (χ3n) is 5.00. The van der Waals surface area contributed by atoms with E-state index in [4.69, 9.17) is 16.0 Å². The van der Waals surface area contributed by atoms with Crippen LogP contribution in [0.1, 0.15) is 29.9 Å². The summed E-state index contributed by atoms with van der Waals surface area (Å²) in [6.45, 7) is 2.51. The lowest BCUT2D eigenvalue weighted by molar-refractivity contribution is -0.118. The predicted molar refractivity (Wildman–Crippen MR) is 107 cm³/mol. The van der Waals surface area contributed by atoms with E-state index in [2.05, 4.69) is 4.98 Å². The van der Waals surface area contributed by atoms with Crippen LogP contribution in [0.2, 0.25) is 5.02 Å². The highest BCUT2D eigenvalue weighted by atomic mass is 35.5. The van der Waals surface area contributed by atoms with Crippen LogP contribution in [-0.2, 0) is 17.6 Å². The van der Waals surface area contributed by atoms with E-state index in [0.29, 0.717) is 47.3 Å². The van der Waals surface area contributed by atoms with Gasteiger partial charge in [-0.3, -0.25) is 4.79 Å². The van der Waals surface area contributed by atoms with Gasteiger partial charge >= 0.3 is 0 Å².